The number of carboxylic acid groups (broad SMARTS) is 1. The van der Waals surface area contributed by atoms with Gasteiger partial charge in [0.25, 0.3) is 0 Å². The van der Waals surface area contributed by atoms with E-state index in [4.69, 9.17) is 0 Å². The second kappa shape index (κ2) is 7.24. The molecule has 2 aromatic carbocycles. The minimum Gasteiger partial charge on any atom is -0.550 e. The maximum atomic E-state index is 11.7. The van der Waals surface area contributed by atoms with Crippen molar-refractivity contribution < 1.29 is 14.7 Å². The van der Waals surface area contributed by atoms with E-state index >= 15 is 0 Å². The number of carbonyl (C=O) groups excluding carboxylic acids is 2. The van der Waals surface area contributed by atoms with Crippen LogP contribution in [0.1, 0.15) is 24.0 Å². The van der Waals surface area contributed by atoms with Crippen molar-refractivity contribution in [2.45, 2.75) is 19.3 Å². The van der Waals surface area contributed by atoms with Crippen LogP contribution in [-0.4, -0.2) is 11.9 Å². The summed E-state index contributed by atoms with van der Waals surface area (Å²) in [6, 6.07) is 17.4. The third-order valence-electron chi connectivity index (χ3n) is 3.09. The van der Waals surface area contributed by atoms with Crippen LogP contribution in [-0.2, 0) is 16.0 Å². The molecule has 0 bridgehead atoms. The lowest BCUT2D eigenvalue weighted by atomic mass is 10.0. The van der Waals surface area contributed by atoms with E-state index in [0.29, 0.717) is 12.1 Å². The van der Waals surface area contributed by atoms with Gasteiger partial charge in [-0.15, -0.1) is 0 Å². The summed E-state index contributed by atoms with van der Waals surface area (Å²) in [6.45, 7) is 0. The van der Waals surface area contributed by atoms with Gasteiger partial charge in [0.1, 0.15) is 0 Å². The van der Waals surface area contributed by atoms with Gasteiger partial charge in [0.15, 0.2) is 0 Å². The van der Waals surface area contributed by atoms with Crippen LogP contribution in [0.4, 0.5) is 5.69 Å². The van der Waals surface area contributed by atoms with E-state index < -0.39 is 5.97 Å². The first-order chi connectivity index (χ1) is 10.1. The molecule has 0 aromatic heterocycles. The van der Waals surface area contributed by atoms with E-state index in [-0.39, 0.29) is 18.7 Å². The number of carbonyl (C=O) groups is 2. The molecule has 2 rings (SSSR count). The summed E-state index contributed by atoms with van der Waals surface area (Å²) < 4.78 is 0. The molecule has 21 heavy (non-hydrogen) atoms. The summed E-state index contributed by atoms with van der Waals surface area (Å²) in [5.41, 5.74) is 2.85. The number of aliphatic carboxylic acids is 1. The van der Waals surface area contributed by atoms with Crippen molar-refractivity contribution >= 4 is 17.6 Å². The number of amides is 1. The fraction of sp³-hybridized carbons (Fsp3) is 0.176. The van der Waals surface area contributed by atoms with E-state index in [1.807, 2.05) is 54.6 Å². The van der Waals surface area contributed by atoms with Crippen LogP contribution in [0.25, 0.3) is 0 Å². The Labute approximate surface area is 123 Å². The van der Waals surface area contributed by atoms with Gasteiger partial charge in [0.2, 0.25) is 5.91 Å². The first-order valence-electron chi connectivity index (χ1n) is 6.76. The predicted octanol–water partition coefficient (Wildman–Crippen LogP) is 1.75. The number of hydrogen-bond donors (Lipinski definition) is 1. The molecule has 4 nitrogen and oxygen atoms in total. The molecule has 108 valence electrons. The lowest BCUT2D eigenvalue weighted by Crippen LogP contribution is -2.24. The van der Waals surface area contributed by atoms with Crippen LogP contribution < -0.4 is 10.4 Å². The molecule has 0 aliphatic heterocycles. The van der Waals surface area contributed by atoms with Gasteiger partial charge in [-0.2, -0.15) is 0 Å². The van der Waals surface area contributed by atoms with Crippen molar-refractivity contribution in [3.63, 3.8) is 0 Å². The lowest BCUT2D eigenvalue weighted by Gasteiger charge is -2.11. The van der Waals surface area contributed by atoms with Crippen molar-refractivity contribution in [2.75, 3.05) is 5.32 Å². The van der Waals surface area contributed by atoms with E-state index in [2.05, 4.69) is 5.32 Å². The molecule has 0 aliphatic rings. The summed E-state index contributed by atoms with van der Waals surface area (Å²) in [5.74, 6) is -1.54. The van der Waals surface area contributed by atoms with Crippen LogP contribution in [0.3, 0.4) is 0 Å². The van der Waals surface area contributed by atoms with Gasteiger partial charge in [-0.3, -0.25) is 4.79 Å². The zero-order chi connectivity index (χ0) is 15.1. The molecular weight excluding hydrogens is 266 g/mol. The first-order valence-corrected chi connectivity index (χ1v) is 6.76. The maximum absolute atomic E-state index is 11.7. The van der Waals surface area contributed by atoms with Gasteiger partial charge < -0.3 is 15.2 Å². The van der Waals surface area contributed by atoms with Gasteiger partial charge in [0, 0.05) is 18.1 Å². The highest BCUT2D eigenvalue weighted by molar-refractivity contribution is 5.93. The van der Waals surface area contributed by atoms with E-state index in [1.165, 1.54) is 0 Å². The Morgan fingerprint density at radius 2 is 1.57 bits per heavy atom. The Bertz CT molecular complexity index is 623. The Hall–Kier alpha value is -2.62. The van der Waals surface area contributed by atoms with E-state index in [9.17, 15) is 14.7 Å². The molecule has 0 saturated heterocycles. The largest absolute Gasteiger partial charge is 0.550 e. The monoisotopic (exact) mass is 282 g/mol. The fourth-order valence-electron chi connectivity index (χ4n) is 2.04. The van der Waals surface area contributed by atoms with Gasteiger partial charge in [-0.25, -0.2) is 0 Å². The highest BCUT2D eigenvalue weighted by Gasteiger charge is 2.07. The average molecular weight is 282 g/mol. The summed E-state index contributed by atoms with van der Waals surface area (Å²) >= 11 is 0. The molecular formula is C17H16NO3-. The quantitative estimate of drug-likeness (QED) is 0.877. The van der Waals surface area contributed by atoms with Crippen molar-refractivity contribution in [2.24, 2.45) is 0 Å². The Kier molecular flexibility index (Phi) is 5.10. The number of carboxylic acids is 1. The third kappa shape index (κ3) is 4.76. The van der Waals surface area contributed by atoms with Gasteiger partial charge in [0.05, 0.1) is 0 Å². The minimum absolute atomic E-state index is 0.0813. The molecule has 0 unspecified atom stereocenters. The zero-order valence-electron chi connectivity index (χ0n) is 11.5. The molecule has 2 aromatic rings. The molecule has 0 aliphatic carbocycles. The number of benzene rings is 2. The lowest BCUT2D eigenvalue weighted by molar-refractivity contribution is -0.305. The number of para-hydroxylation sites is 1. The molecule has 0 atom stereocenters. The van der Waals surface area contributed by atoms with Crippen LogP contribution in [0, 0.1) is 0 Å². The topological polar surface area (TPSA) is 69.2 Å². The predicted molar refractivity (Wildman–Crippen MR) is 78.6 cm³/mol. The van der Waals surface area contributed by atoms with Crippen molar-refractivity contribution in [1.82, 2.24) is 0 Å². The van der Waals surface area contributed by atoms with Crippen molar-refractivity contribution in [3.8, 4) is 0 Å². The van der Waals surface area contributed by atoms with Crippen LogP contribution in [0.15, 0.2) is 54.6 Å². The van der Waals surface area contributed by atoms with Crippen molar-refractivity contribution in [1.29, 1.82) is 0 Å². The number of anilines is 1. The molecule has 4 heteroatoms. The van der Waals surface area contributed by atoms with E-state index in [1.54, 1.807) is 0 Å². The van der Waals surface area contributed by atoms with Gasteiger partial charge in [-0.05, 0) is 30.0 Å². The number of hydrogen-bond acceptors (Lipinski definition) is 3. The molecule has 0 saturated carbocycles. The number of nitrogens with one attached hydrogen (secondary N) is 1. The second-order valence-electron chi connectivity index (χ2n) is 4.74. The molecule has 0 radical (unpaired) electrons. The summed E-state index contributed by atoms with van der Waals surface area (Å²) in [4.78, 5) is 22.1. The summed E-state index contributed by atoms with van der Waals surface area (Å²) in [6.07, 6.45) is 0.354. The highest BCUT2D eigenvalue weighted by atomic mass is 16.4. The second-order valence-corrected chi connectivity index (χ2v) is 4.74. The van der Waals surface area contributed by atoms with E-state index in [0.717, 1.165) is 11.1 Å². The first kappa shape index (κ1) is 14.8. The van der Waals surface area contributed by atoms with Crippen LogP contribution >= 0.6 is 0 Å². The third-order valence-corrected chi connectivity index (χ3v) is 3.09. The molecule has 0 spiro atoms. The Morgan fingerprint density at radius 1 is 0.905 bits per heavy atom. The SMILES string of the molecule is O=C([O-])CCC(=O)Nc1ccccc1Cc1ccccc1. The molecule has 1 amide bonds. The zero-order valence-corrected chi connectivity index (χ0v) is 11.5. The van der Waals surface area contributed by atoms with Gasteiger partial charge in [-0.1, -0.05) is 48.5 Å². The van der Waals surface area contributed by atoms with Crippen LogP contribution in [0.2, 0.25) is 0 Å². The van der Waals surface area contributed by atoms with Crippen molar-refractivity contribution in [3.05, 3.63) is 65.7 Å². The Morgan fingerprint density at radius 3 is 2.29 bits per heavy atom. The average Bonchev–Trinajstić information content (AvgIpc) is 2.48. The molecule has 1 N–H and O–H groups in total. The summed E-state index contributed by atoms with van der Waals surface area (Å²) in [5, 5.41) is 13.1. The Balaban J connectivity index is 2.06. The normalized spacial score (nSPS) is 10.1. The van der Waals surface area contributed by atoms with Gasteiger partial charge >= 0.3 is 0 Å². The smallest absolute Gasteiger partial charge is 0.224 e. The maximum Gasteiger partial charge on any atom is 0.224 e. The standard InChI is InChI=1S/C17H17NO3/c19-16(10-11-17(20)21)18-15-9-5-4-8-14(15)12-13-6-2-1-3-7-13/h1-9H,10-12H2,(H,18,19)(H,20,21)/p-1. The fourth-order valence-corrected chi connectivity index (χ4v) is 2.04. The minimum atomic E-state index is -1.22. The van der Waals surface area contributed by atoms with Crippen LogP contribution in [0.5, 0.6) is 0 Å². The summed E-state index contributed by atoms with van der Waals surface area (Å²) in [7, 11) is 0. The molecule has 0 heterocycles. The number of rotatable bonds is 6. The molecule has 0 fully saturated rings. The highest BCUT2D eigenvalue weighted by Crippen LogP contribution is 2.19.